The van der Waals surface area contributed by atoms with E-state index in [2.05, 4.69) is 29.2 Å². The van der Waals surface area contributed by atoms with Crippen molar-refractivity contribution in [2.45, 2.75) is 39.2 Å². The van der Waals surface area contributed by atoms with Gasteiger partial charge in [-0.2, -0.15) is 5.10 Å². The normalized spacial score (nSPS) is 12.8. The van der Waals surface area contributed by atoms with Crippen molar-refractivity contribution in [3.63, 3.8) is 0 Å². The van der Waals surface area contributed by atoms with Gasteiger partial charge in [0.25, 0.3) is 5.91 Å². The van der Waals surface area contributed by atoms with Crippen molar-refractivity contribution in [2.75, 3.05) is 5.32 Å². The molecule has 0 spiro atoms. The number of anilines is 1. The number of para-hydroxylation sites is 1. The van der Waals surface area contributed by atoms with E-state index in [1.165, 1.54) is 6.33 Å². The summed E-state index contributed by atoms with van der Waals surface area (Å²) < 4.78 is 6.93. The molecule has 7 heteroatoms. The Labute approximate surface area is 169 Å². The molecule has 7 nitrogen and oxygen atoms in total. The van der Waals surface area contributed by atoms with E-state index in [1.54, 1.807) is 42.2 Å². The van der Waals surface area contributed by atoms with Crippen LogP contribution in [0.25, 0.3) is 5.69 Å². The Morgan fingerprint density at radius 1 is 1.10 bits per heavy atom. The molecule has 3 rings (SSSR count). The number of nitrogens with one attached hydrogen (secondary N) is 1. The van der Waals surface area contributed by atoms with Gasteiger partial charge in [-0.25, -0.2) is 14.5 Å². The van der Waals surface area contributed by atoms with Gasteiger partial charge >= 0.3 is 5.97 Å². The molecule has 0 saturated heterocycles. The molecule has 1 heterocycles. The fraction of sp³-hybridized carbons (Fsp3) is 0.273. The fourth-order valence-electron chi connectivity index (χ4n) is 2.87. The Hall–Kier alpha value is -3.48. The maximum atomic E-state index is 12.5. The van der Waals surface area contributed by atoms with E-state index >= 15 is 0 Å². The number of esters is 1. The second-order valence-electron chi connectivity index (χ2n) is 6.82. The number of carbonyl (C=O) groups excluding carboxylic acids is 2. The average molecular weight is 392 g/mol. The molecule has 2 atom stereocenters. The zero-order chi connectivity index (χ0) is 20.8. The number of hydrogen-bond acceptors (Lipinski definition) is 5. The van der Waals surface area contributed by atoms with Gasteiger partial charge in [0.1, 0.15) is 12.7 Å². The molecule has 0 fully saturated rings. The molecule has 2 aromatic carbocycles. The minimum atomic E-state index is -0.928. The molecule has 3 aromatic rings. The van der Waals surface area contributed by atoms with Crippen LogP contribution < -0.4 is 5.32 Å². The number of amides is 1. The van der Waals surface area contributed by atoms with Gasteiger partial charge in [-0.1, -0.05) is 32.0 Å². The molecule has 0 radical (unpaired) electrons. The standard InChI is InChI=1S/C22H24N4O3/c1-4-15(2)19-7-5-6-8-20(19)25-21(27)16(3)29-22(28)17-9-11-18(12-10-17)26-14-23-13-24-26/h5-16H,4H2,1-3H3,(H,25,27)/t15-,16+/m0/s1. The second-order valence-corrected chi connectivity index (χ2v) is 6.82. The summed E-state index contributed by atoms with van der Waals surface area (Å²) in [6.45, 7) is 5.77. The monoisotopic (exact) mass is 392 g/mol. The molecule has 1 amide bonds. The summed E-state index contributed by atoms with van der Waals surface area (Å²) in [5, 5.41) is 6.91. The van der Waals surface area contributed by atoms with Crippen LogP contribution in [0, 0.1) is 0 Å². The van der Waals surface area contributed by atoms with Crippen molar-refractivity contribution in [2.24, 2.45) is 0 Å². The van der Waals surface area contributed by atoms with Gasteiger partial charge in [0, 0.05) is 5.69 Å². The molecule has 1 N–H and O–H groups in total. The smallest absolute Gasteiger partial charge is 0.338 e. The van der Waals surface area contributed by atoms with Gasteiger partial charge in [-0.3, -0.25) is 4.79 Å². The number of ether oxygens (including phenoxy) is 1. The number of aromatic nitrogens is 3. The summed E-state index contributed by atoms with van der Waals surface area (Å²) in [4.78, 5) is 28.8. The molecule has 29 heavy (non-hydrogen) atoms. The van der Waals surface area contributed by atoms with Crippen LogP contribution in [-0.2, 0) is 9.53 Å². The summed E-state index contributed by atoms with van der Waals surface area (Å²) in [7, 11) is 0. The van der Waals surface area contributed by atoms with Crippen LogP contribution in [0.5, 0.6) is 0 Å². The van der Waals surface area contributed by atoms with Gasteiger partial charge in [-0.15, -0.1) is 0 Å². The highest BCUT2D eigenvalue weighted by Gasteiger charge is 2.20. The SMILES string of the molecule is CC[C@H](C)c1ccccc1NC(=O)[C@@H](C)OC(=O)c1ccc(-n2cncn2)cc1. The van der Waals surface area contributed by atoms with Crippen molar-refractivity contribution in [3.05, 3.63) is 72.3 Å². The lowest BCUT2D eigenvalue weighted by Gasteiger charge is -2.18. The van der Waals surface area contributed by atoms with Crippen molar-refractivity contribution in [1.82, 2.24) is 14.8 Å². The predicted octanol–water partition coefficient (Wildman–Crippen LogP) is 3.96. The Balaban J connectivity index is 1.63. The predicted molar refractivity (Wildman–Crippen MR) is 110 cm³/mol. The van der Waals surface area contributed by atoms with Crippen LogP contribution in [0.3, 0.4) is 0 Å². The third-order valence-electron chi connectivity index (χ3n) is 4.80. The van der Waals surface area contributed by atoms with Gasteiger partial charge < -0.3 is 10.1 Å². The number of hydrogen-bond donors (Lipinski definition) is 1. The van der Waals surface area contributed by atoms with E-state index in [4.69, 9.17) is 4.74 Å². The van der Waals surface area contributed by atoms with Crippen LogP contribution in [0.1, 0.15) is 49.0 Å². The lowest BCUT2D eigenvalue weighted by Crippen LogP contribution is -2.30. The molecule has 0 saturated carbocycles. The van der Waals surface area contributed by atoms with E-state index < -0.39 is 12.1 Å². The number of benzene rings is 2. The summed E-state index contributed by atoms with van der Waals surface area (Å²) >= 11 is 0. The fourth-order valence-corrected chi connectivity index (χ4v) is 2.87. The molecule has 0 aliphatic rings. The van der Waals surface area contributed by atoms with Crippen LogP contribution >= 0.6 is 0 Å². The van der Waals surface area contributed by atoms with Gasteiger partial charge in [0.05, 0.1) is 11.3 Å². The topological polar surface area (TPSA) is 86.1 Å². The number of carbonyl (C=O) groups is 2. The summed E-state index contributed by atoms with van der Waals surface area (Å²) in [5.41, 5.74) is 2.93. The maximum absolute atomic E-state index is 12.5. The van der Waals surface area contributed by atoms with Crippen LogP contribution in [0.4, 0.5) is 5.69 Å². The Bertz CT molecular complexity index is 968. The zero-order valence-corrected chi connectivity index (χ0v) is 16.7. The quantitative estimate of drug-likeness (QED) is 0.615. The summed E-state index contributed by atoms with van der Waals surface area (Å²) in [6.07, 6.45) is 3.03. The Morgan fingerprint density at radius 2 is 1.83 bits per heavy atom. The van der Waals surface area contributed by atoms with Crippen LogP contribution in [-0.4, -0.2) is 32.7 Å². The molecule has 0 aliphatic heterocycles. The highest BCUT2D eigenvalue weighted by Crippen LogP contribution is 2.26. The first kappa shape index (κ1) is 20.3. The van der Waals surface area contributed by atoms with Crippen molar-refractivity contribution in [3.8, 4) is 5.69 Å². The zero-order valence-electron chi connectivity index (χ0n) is 16.7. The first-order chi connectivity index (χ1) is 14.0. The number of nitrogens with zero attached hydrogens (tertiary/aromatic N) is 3. The van der Waals surface area contributed by atoms with Crippen molar-refractivity contribution in [1.29, 1.82) is 0 Å². The second kappa shape index (κ2) is 9.14. The Morgan fingerprint density at radius 3 is 2.48 bits per heavy atom. The first-order valence-corrected chi connectivity index (χ1v) is 9.55. The molecular weight excluding hydrogens is 368 g/mol. The average Bonchev–Trinajstić information content (AvgIpc) is 3.28. The van der Waals surface area contributed by atoms with E-state index in [9.17, 15) is 9.59 Å². The first-order valence-electron chi connectivity index (χ1n) is 9.55. The van der Waals surface area contributed by atoms with Gasteiger partial charge in [0.2, 0.25) is 0 Å². The largest absolute Gasteiger partial charge is 0.449 e. The van der Waals surface area contributed by atoms with E-state index in [0.29, 0.717) is 11.5 Å². The van der Waals surface area contributed by atoms with Gasteiger partial charge in [-0.05, 0) is 55.2 Å². The van der Waals surface area contributed by atoms with Crippen molar-refractivity contribution < 1.29 is 14.3 Å². The lowest BCUT2D eigenvalue weighted by atomic mass is 9.97. The number of rotatable bonds is 7. The van der Waals surface area contributed by atoms with Gasteiger partial charge in [0.15, 0.2) is 6.10 Å². The molecule has 150 valence electrons. The molecule has 0 unspecified atom stereocenters. The van der Waals surface area contributed by atoms with Crippen LogP contribution in [0.15, 0.2) is 61.2 Å². The summed E-state index contributed by atoms with van der Waals surface area (Å²) in [6, 6.07) is 14.4. The molecule has 0 aliphatic carbocycles. The molecule has 1 aromatic heterocycles. The van der Waals surface area contributed by atoms with Crippen molar-refractivity contribution >= 4 is 17.6 Å². The highest BCUT2D eigenvalue weighted by molar-refractivity contribution is 5.97. The highest BCUT2D eigenvalue weighted by atomic mass is 16.5. The lowest BCUT2D eigenvalue weighted by molar-refractivity contribution is -0.123. The molecule has 0 bridgehead atoms. The van der Waals surface area contributed by atoms with Crippen LogP contribution in [0.2, 0.25) is 0 Å². The maximum Gasteiger partial charge on any atom is 0.338 e. The Kier molecular flexibility index (Phi) is 6.39. The van der Waals surface area contributed by atoms with E-state index in [-0.39, 0.29) is 5.91 Å². The minimum Gasteiger partial charge on any atom is -0.449 e. The van der Waals surface area contributed by atoms with E-state index in [0.717, 1.165) is 23.4 Å². The third-order valence-corrected chi connectivity index (χ3v) is 4.80. The molecular formula is C22H24N4O3. The minimum absolute atomic E-state index is 0.313. The third kappa shape index (κ3) is 4.87. The summed E-state index contributed by atoms with van der Waals surface area (Å²) in [5.74, 6) is -0.616. The van der Waals surface area contributed by atoms with E-state index in [1.807, 2.05) is 24.3 Å².